The lowest BCUT2D eigenvalue weighted by Gasteiger charge is -2.13. The van der Waals surface area contributed by atoms with Crippen LogP contribution in [0.5, 0.6) is 0 Å². The Labute approximate surface area is 126 Å². The lowest BCUT2D eigenvalue weighted by Crippen LogP contribution is -2.18. The molecule has 1 saturated carbocycles. The molecule has 1 heterocycles. The van der Waals surface area contributed by atoms with E-state index in [1.807, 2.05) is 25.2 Å². The number of para-hydroxylation sites is 1. The van der Waals surface area contributed by atoms with Crippen molar-refractivity contribution in [2.24, 2.45) is 23.8 Å². The largest absolute Gasteiger partial charge is 0.384 e. The number of pyridine rings is 1. The second-order valence-corrected chi connectivity index (χ2v) is 7.35. The van der Waals surface area contributed by atoms with Gasteiger partial charge >= 0.3 is 0 Å². The van der Waals surface area contributed by atoms with Crippen LogP contribution in [0.2, 0.25) is 0 Å². The van der Waals surface area contributed by atoms with Crippen LogP contribution in [0.1, 0.15) is 27.7 Å². The number of fused-ring (bicyclic) bond motifs is 1. The third-order valence-electron chi connectivity index (χ3n) is 5.97. The van der Waals surface area contributed by atoms with Crippen LogP contribution in [0.4, 0.5) is 5.69 Å². The lowest BCUT2D eigenvalue weighted by molar-refractivity contribution is 0.457. The standard InChI is InChI=1S/C18H24N2O/c1-17(2)15(18(17,3)4)11-19-13-10-16(21)20(5)14-9-7-6-8-12(13)14/h6-10,15,19H,11H2,1-5H3. The van der Waals surface area contributed by atoms with E-state index in [-0.39, 0.29) is 5.56 Å². The first-order valence-electron chi connectivity index (χ1n) is 7.59. The van der Waals surface area contributed by atoms with Crippen molar-refractivity contribution in [1.29, 1.82) is 0 Å². The Kier molecular flexibility index (Phi) is 2.94. The van der Waals surface area contributed by atoms with Gasteiger partial charge in [0.15, 0.2) is 0 Å². The molecule has 1 N–H and O–H groups in total. The Balaban J connectivity index is 1.92. The quantitative estimate of drug-likeness (QED) is 0.934. The van der Waals surface area contributed by atoms with Crippen LogP contribution in [0.3, 0.4) is 0 Å². The van der Waals surface area contributed by atoms with Gasteiger partial charge in [-0.1, -0.05) is 45.9 Å². The van der Waals surface area contributed by atoms with Crippen LogP contribution < -0.4 is 10.9 Å². The van der Waals surface area contributed by atoms with Gasteiger partial charge in [-0.05, 0) is 22.8 Å². The predicted octanol–water partition coefficient (Wildman–Crippen LogP) is 3.63. The van der Waals surface area contributed by atoms with Crippen LogP contribution in [0.15, 0.2) is 35.1 Å². The molecule has 0 unspecified atom stereocenters. The highest BCUT2D eigenvalue weighted by Crippen LogP contribution is 2.68. The van der Waals surface area contributed by atoms with E-state index in [9.17, 15) is 4.79 Å². The van der Waals surface area contributed by atoms with Crippen LogP contribution in [0, 0.1) is 16.7 Å². The molecule has 3 heteroatoms. The maximum absolute atomic E-state index is 12.1. The molecule has 1 aliphatic rings. The second kappa shape index (κ2) is 4.36. The van der Waals surface area contributed by atoms with E-state index in [4.69, 9.17) is 0 Å². The minimum absolute atomic E-state index is 0.0329. The minimum Gasteiger partial charge on any atom is -0.384 e. The van der Waals surface area contributed by atoms with Gasteiger partial charge in [-0.15, -0.1) is 0 Å². The third-order valence-corrected chi connectivity index (χ3v) is 5.97. The monoisotopic (exact) mass is 284 g/mol. The minimum atomic E-state index is 0.0329. The van der Waals surface area contributed by atoms with Crippen molar-refractivity contribution >= 4 is 16.6 Å². The lowest BCUT2D eigenvalue weighted by atomic mass is 10.0. The highest BCUT2D eigenvalue weighted by Gasteiger charge is 2.64. The van der Waals surface area contributed by atoms with Gasteiger partial charge in [0.2, 0.25) is 0 Å². The summed E-state index contributed by atoms with van der Waals surface area (Å²) in [5, 5.41) is 4.62. The van der Waals surface area contributed by atoms with E-state index in [2.05, 4.69) is 39.1 Å². The molecule has 1 aliphatic carbocycles. The van der Waals surface area contributed by atoms with Crippen LogP contribution in [-0.2, 0) is 7.05 Å². The number of anilines is 1. The molecule has 0 aliphatic heterocycles. The summed E-state index contributed by atoms with van der Waals surface area (Å²) >= 11 is 0. The SMILES string of the molecule is Cn1c(=O)cc(NCC2C(C)(C)C2(C)C)c2ccccc21. The van der Waals surface area contributed by atoms with E-state index in [0.29, 0.717) is 16.7 Å². The Bertz CT molecular complexity index is 741. The van der Waals surface area contributed by atoms with Crippen molar-refractivity contribution in [2.45, 2.75) is 27.7 Å². The van der Waals surface area contributed by atoms with Crippen molar-refractivity contribution in [3.8, 4) is 0 Å². The summed E-state index contributed by atoms with van der Waals surface area (Å²) < 4.78 is 1.70. The molecule has 0 radical (unpaired) electrons. The highest BCUT2D eigenvalue weighted by atomic mass is 16.1. The number of benzene rings is 1. The fourth-order valence-electron chi connectivity index (χ4n) is 3.61. The summed E-state index contributed by atoms with van der Waals surface area (Å²) in [7, 11) is 1.82. The zero-order chi connectivity index (χ0) is 15.4. The topological polar surface area (TPSA) is 34.0 Å². The molecular weight excluding hydrogens is 260 g/mol. The summed E-state index contributed by atoms with van der Waals surface area (Å²) in [6.07, 6.45) is 0. The summed E-state index contributed by atoms with van der Waals surface area (Å²) in [5.41, 5.74) is 2.67. The molecule has 0 amide bonds. The van der Waals surface area contributed by atoms with Crippen LogP contribution >= 0.6 is 0 Å². The molecule has 112 valence electrons. The van der Waals surface area contributed by atoms with Gasteiger partial charge < -0.3 is 9.88 Å². The van der Waals surface area contributed by atoms with Gasteiger partial charge in [0.1, 0.15) is 0 Å². The molecule has 0 saturated heterocycles. The van der Waals surface area contributed by atoms with Crippen molar-refractivity contribution in [1.82, 2.24) is 4.57 Å². The van der Waals surface area contributed by atoms with Gasteiger partial charge in [0, 0.05) is 30.7 Å². The Morgan fingerprint density at radius 1 is 1.14 bits per heavy atom. The summed E-state index contributed by atoms with van der Waals surface area (Å²) in [4.78, 5) is 12.1. The highest BCUT2D eigenvalue weighted by molar-refractivity contribution is 5.91. The van der Waals surface area contributed by atoms with Crippen molar-refractivity contribution in [3.05, 3.63) is 40.7 Å². The molecule has 0 spiro atoms. The first-order chi connectivity index (χ1) is 9.76. The fourth-order valence-corrected chi connectivity index (χ4v) is 3.61. The zero-order valence-corrected chi connectivity index (χ0v) is 13.5. The molecular formula is C18H24N2O. The molecule has 1 aromatic heterocycles. The molecule has 0 bridgehead atoms. The first kappa shape index (κ1) is 14.2. The first-order valence-corrected chi connectivity index (χ1v) is 7.59. The number of rotatable bonds is 3. The number of hydrogen-bond donors (Lipinski definition) is 1. The Hall–Kier alpha value is -1.77. The maximum Gasteiger partial charge on any atom is 0.252 e. The number of hydrogen-bond acceptors (Lipinski definition) is 2. The number of aromatic nitrogens is 1. The number of nitrogens with one attached hydrogen (secondary N) is 1. The Morgan fingerprint density at radius 2 is 1.76 bits per heavy atom. The zero-order valence-electron chi connectivity index (χ0n) is 13.5. The van der Waals surface area contributed by atoms with Crippen LogP contribution in [0.25, 0.3) is 10.9 Å². The molecule has 3 nitrogen and oxygen atoms in total. The van der Waals surface area contributed by atoms with Gasteiger partial charge in [0.25, 0.3) is 5.56 Å². The average Bonchev–Trinajstić information content (AvgIpc) is 2.82. The molecule has 1 aromatic carbocycles. The van der Waals surface area contributed by atoms with Gasteiger partial charge in [-0.25, -0.2) is 0 Å². The molecule has 1 fully saturated rings. The molecule has 21 heavy (non-hydrogen) atoms. The van der Waals surface area contributed by atoms with Crippen molar-refractivity contribution < 1.29 is 0 Å². The van der Waals surface area contributed by atoms with Gasteiger partial charge in [0.05, 0.1) is 5.52 Å². The third kappa shape index (κ3) is 1.98. The molecule has 2 aromatic rings. The number of nitrogens with zero attached hydrogens (tertiary/aromatic N) is 1. The Morgan fingerprint density at radius 3 is 2.38 bits per heavy atom. The molecule has 0 atom stereocenters. The van der Waals surface area contributed by atoms with E-state index in [1.54, 1.807) is 10.6 Å². The number of aryl methyl sites for hydroxylation is 1. The van der Waals surface area contributed by atoms with Gasteiger partial charge in [-0.2, -0.15) is 0 Å². The van der Waals surface area contributed by atoms with E-state index in [0.717, 1.165) is 23.1 Å². The predicted molar refractivity (Wildman–Crippen MR) is 88.7 cm³/mol. The van der Waals surface area contributed by atoms with E-state index >= 15 is 0 Å². The van der Waals surface area contributed by atoms with E-state index in [1.165, 1.54) is 0 Å². The van der Waals surface area contributed by atoms with Crippen molar-refractivity contribution in [2.75, 3.05) is 11.9 Å². The summed E-state index contributed by atoms with van der Waals surface area (Å²) in [6.45, 7) is 10.2. The second-order valence-electron chi connectivity index (χ2n) is 7.35. The normalized spacial score (nSPS) is 19.7. The van der Waals surface area contributed by atoms with Gasteiger partial charge in [-0.3, -0.25) is 4.79 Å². The average molecular weight is 284 g/mol. The maximum atomic E-state index is 12.1. The summed E-state index contributed by atoms with van der Waals surface area (Å²) in [6, 6.07) is 9.76. The van der Waals surface area contributed by atoms with Crippen LogP contribution in [-0.4, -0.2) is 11.1 Å². The van der Waals surface area contributed by atoms with E-state index < -0.39 is 0 Å². The van der Waals surface area contributed by atoms with Crippen molar-refractivity contribution in [3.63, 3.8) is 0 Å². The summed E-state index contributed by atoms with van der Waals surface area (Å²) in [5.74, 6) is 0.632. The fraction of sp³-hybridized carbons (Fsp3) is 0.500. The molecule has 3 rings (SSSR count). The smallest absolute Gasteiger partial charge is 0.252 e.